The second kappa shape index (κ2) is 9.40. The average molecular weight is 471 g/mol. The molecule has 1 aromatic carbocycles. The van der Waals surface area contributed by atoms with Gasteiger partial charge < -0.3 is 20.0 Å². The Bertz CT molecular complexity index is 1140. The fourth-order valence-electron chi connectivity index (χ4n) is 2.90. The molecule has 2 heterocycles. The normalized spacial score (nSPS) is 13.1. The van der Waals surface area contributed by atoms with Crippen LogP contribution >= 0.6 is 0 Å². The van der Waals surface area contributed by atoms with Crippen molar-refractivity contribution in [3.8, 4) is 11.5 Å². The number of anilines is 2. The molecule has 0 bridgehead atoms. The SMILES string of the molecule is C[C@H](CO[Si](C)(C)C(C)(C)C)n1cnnc1-c1cccc(NC(=O)c2cc(N)ccc2F)n1. The number of nitrogens with zero attached hydrogens (tertiary/aromatic N) is 4. The number of nitrogen functional groups attached to an aromatic ring is 1. The van der Waals surface area contributed by atoms with E-state index in [0.717, 1.165) is 6.07 Å². The molecule has 0 aliphatic heterocycles. The van der Waals surface area contributed by atoms with Crippen molar-refractivity contribution >= 4 is 25.7 Å². The molecule has 0 saturated heterocycles. The molecule has 3 aromatic rings. The summed E-state index contributed by atoms with van der Waals surface area (Å²) < 4.78 is 22.3. The Morgan fingerprint density at radius 2 is 2.00 bits per heavy atom. The Hall–Kier alpha value is -3.11. The highest BCUT2D eigenvalue weighted by molar-refractivity contribution is 6.74. The monoisotopic (exact) mass is 470 g/mol. The van der Waals surface area contributed by atoms with Crippen LogP contribution in [0, 0.1) is 5.82 Å². The molecule has 2 aromatic heterocycles. The van der Waals surface area contributed by atoms with Crippen LogP contribution < -0.4 is 11.1 Å². The minimum atomic E-state index is -1.90. The van der Waals surface area contributed by atoms with E-state index in [-0.39, 0.29) is 22.5 Å². The van der Waals surface area contributed by atoms with Crippen molar-refractivity contribution in [2.24, 2.45) is 0 Å². The molecule has 8 nitrogen and oxygen atoms in total. The first-order chi connectivity index (χ1) is 15.4. The van der Waals surface area contributed by atoms with Gasteiger partial charge in [-0.2, -0.15) is 0 Å². The second-order valence-corrected chi connectivity index (χ2v) is 14.4. The van der Waals surface area contributed by atoms with Crippen molar-refractivity contribution in [1.82, 2.24) is 19.7 Å². The maximum absolute atomic E-state index is 14.0. The number of nitrogens with two attached hydrogens (primary N) is 1. The molecule has 3 N–H and O–H groups in total. The zero-order chi connectivity index (χ0) is 24.4. The van der Waals surface area contributed by atoms with Crippen molar-refractivity contribution in [3.05, 3.63) is 54.1 Å². The molecule has 3 rings (SSSR count). The number of benzene rings is 1. The van der Waals surface area contributed by atoms with Crippen molar-refractivity contribution in [2.75, 3.05) is 17.7 Å². The van der Waals surface area contributed by atoms with Crippen molar-refractivity contribution in [2.45, 2.75) is 51.9 Å². The molecule has 0 spiro atoms. The molecule has 1 amide bonds. The number of pyridine rings is 1. The van der Waals surface area contributed by atoms with E-state index in [1.54, 1.807) is 24.5 Å². The van der Waals surface area contributed by atoms with Gasteiger partial charge in [0, 0.05) is 5.69 Å². The van der Waals surface area contributed by atoms with E-state index in [2.05, 4.69) is 54.4 Å². The lowest BCUT2D eigenvalue weighted by atomic mass is 10.1. The summed E-state index contributed by atoms with van der Waals surface area (Å²) in [6.45, 7) is 13.6. The van der Waals surface area contributed by atoms with Crippen LogP contribution in [-0.4, -0.2) is 40.6 Å². The predicted octanol–water partition coefficient (Wildman–Crippen LogP) is 4.90. The minimum absolute atomic E-state index is 0.0226. The minimum Gasteiger partial charge on any atom is -0.415 e. The largest absolute Gasteiger partial charge is 0.415 e. The number of halogens is 1. The Kier molecular flexibility index (Phi) is 6.99. The lowest BCUT2D eigenvalue weighted by Gasteiger charge is -2.37. The van der Waals surface area contributed by atoms with Crippen molar-refractivity contribution in [3.63, 3.8) is 0 Å². The van der Waals surface area contributed by atoms with Gasteiger partial charge in [0.15, 0.2) is 14.1 Å². The van der Waals surface area contributed by atoms with E-state index in [1.807, 2.05) is 11.5 Å². The van der Waals surface area contributed by atoms with Crippen LogP contribution in [0.3, 0.4) is 0 Å². The summed E-state index contributed by atoms with van der Waals surface area (Å²) in [6.07, 6.45) is 1.64. The maximum atomic E-state index is 14.0. The molecule has 0 saturated carbocycles. The molecule has 0 fully saturated rings. The Morgan fingerprint density at radius 1 is 1.27 bits per heavy atom. The number of carbonyl (C=O) groups excluding carboxylic acids is 1. The summed E-state index contributed by atoms with van der Waals surface area (Å²) in [7, 11) is -1.90. The zero-order valence-corrected chi connectivity index (χ0v) is 20.9. The molecule has 33 heavy (non-hydrogen) atoms. The molecule has 0 aliphatic carbocycles. The van der Waals surface area contributed by atoms with E-state index in [0.29, 0.717) is 23.8 Å². The summed E-state index contributed by atoms with van der Waals surface area (Å²) in [5.41, 5.74) is 6.35. The quantitative estimate of drug-likeness (QED) is 0.376. The van der Waals surface area contributed by atoms with Crippen LogP contribution in [0.2, 0.25) is 18.1 Å². The van der Waals surface area contributed by atoms with Gasteiger partial charge in [0.25, 0.3) is 5.91 Å². The molecule has 0 radical (unpaired) electrons. The van der Waals surface area contributed by atoms with Gasteiger partial charge in [-0.05, 0) is 55.4 Å². The first kappa shape index (κ1) is 24.5. The van der Waals surface area contributed by atoms with E-state index in [4.69, 9.17) is 10.2 Å². The fraction of sp³-hybridized carbons (Fsp3) is 0.391. The summed E-state index contributed by atoms with van der Waals surface area (Å²) in [5, 5.41) is 11.0. The molecular formula is C23H31FN6O2Si. The van der Waals surface area contributed by atoms with Gasteiger partial charge in [-0.1, -0.05) is 26.8 Å². The van der Waals surface area contributed by atoms with Gasteiger partial charge in [-0.3, -0.25) is 4.79 Å². The fourth-order valence-corrected chi connectivity index (χ4v) is 3.99. The molecule has 10 heteroatoms. The van der Waals surface area contributed by atoms with E-state index in [1.165, 1.54) is 12.1 Å². The van der Waals surface area contributed by atoms with Crippen molar-refractivity contribution < 1.29 is 13.6 Å². The number of nitrogens with one attached hydrogen (secondary N) is 1. The molecule has 176 valence electrons. The zero-order valence-electron chi connectivity index (χ0n) is 19.9. The summed E-state index contributed by atoms with van der Waals surface area (Å²) in [4.78, 5) is 17.0. The number of carbonyl (C=O) groups is 1. The number of aromatic nitrogens is 4. The van der Waals surface area contributed by atoms with Crippen LogP contribution in [0.25, 0.3) is 11.5 Å². The molecule has 1 atom stereocenters. The smallest absolute Gasteiger partial charge is 0.259 e. The van der Waals surface area contributed by atoms with Gasteiger partial charge in [0.1, 0.15) is 23.7 Å². The third-order valence-electron chi connectivity index (χ3n) is 5.99. The van der Waals surface area contributed by atoms with Crippen LogP contribution in [0.5, 0.6) is 0 Å². The van der Waals surface area contributed by atoms with Gasteiger partial charge in [-0.15, -0.1) is 10.2 Å². The first-order valence-electron chi connectivity index (χ1n) is 10.8. The van der Waals surface area contributed by atoms with Crippen molar-refractivity contribution in [1.29, 1.82) is 0 Å². The third kappa shape index (κ3) is 5.63. The lowest BCUT2D eigenvalue weighted by molar-refractivity contribution is 0.102. The van der Waals surface area contributed by atoms with Crippen LogP contribution in [0.1, 0.15) is 44.1 Å². The summed E-state index contributed by atoms with van der Waals surface area (Å²) >= 11 is 0. The van der Waals surface area contributed by atoms with E-state index in [9.17, 15) is 9.18 Å². The Morgan fingerprint density at radius 3 is 2.70 bits per heavy atom. The number of hydrogen-bond donors (Lipinski definition) is 2. The highest BCUT2D eigenvalue weighted by Gasteiger charge is 2.37. The average Bonchev–Trinajstić information content (AvgIpc) is 3.23. The molecular weight excluding hydrogens is 439 g/mol. The highest BCUT2D eigenvalue weighted by Crippen LogP contribution is 2.37. The Labute approximate surface area is 194 Å². The Balaban J connectivity index is 1.78. The number of amides is 1. The second-order valence-electron chi connectivity index (χ2n) is 9.58. The molecule has 0 unspecified atom stereocenters. The lowest BCUT2D eigenvalue weighted by Crippen LogP contribution is -2.42. The third-order valence-corrected chi connectivity index (χ3v) is 10.5. The summed E-state index contributed by atoms with van der Waals surface area (Å²) in [5.74, 6) is -0.484. The summed E-state index contributed by atoms with van der Waals surface area (Å²) in [6, 6.07) is 8.95. The maximum Gasteiger partial charge on any atom is 0.259 e. The predicted molar refractivity (Wildman–Crippen MR) is 130 cm³/mol. The van der Waals surface area contributed by atoms with Gasteiger partial charge in [0.05, 0.1) is 18.2 Å². The number of hydrogen-bond acceptors (Lipinski definition) is 6. The molecule has 0 aliphatic rings. The van der Waals surface area contributed by atoms with Gasteiger partial charge >= 0.3 is 0 Å². The van der Waals surface area contributed by atoms with Gasteiger partial charge in [0.2, 0.25) is 0 Å². The van der Waals surface area contributed by atoms with Gasteiger partial charge in [-0.25, -0.2) is 9.37 Å². The highest BCUT2D eigenvalue weighted by atomic mass is 28.4. The number of rotatable bonds is 7. The van der Waals surface area contributed by atoms with E-state index >= 15 is 0 Å². The van der Waals surface area contributed by atoms with Crippen LogP contribution in [0.4, 0.5) is 15.9 Å². The first-order valence-corrected chi connectivity index (χ1v) is 13.7. The van der Waals surface area contributed by atoms with Crippen LogP contribution in [-0.2, 0) is 4.43 Å². The topological polar surface area (TPSA) is 108 Å². The van der Waals surface area contributed by atoms with Crippen LogP contribution in [0.15, 0.2) is 42.7 Å². The standard InChI is InChI=1S/C23H31FN6O2Si/c1-15(13-32-33(5,6)23(2,3)4)30-14-26-29-21(30)19-8-7-9-20(27-19)28-22(31)17-12-16(25)10-11-18(17)24/h7-12,14-15H,13,25H2,1-6H3,(H,27,28,31)/t15-/m1/s1. The van der Waals surface area contributed by atoms with E-state index < -0.39 is 20.0 Å².